The van der Waals surface area contributed by atoms with E-state index in [0.717, 1.165) is 24.6 Å². The third kappa shape index (κ3) is 3.51. The minimum Gasteiger partial charge on any atom is -0.374 e. The van der Waals surface area contributed by atoms with Crippen LogP contribution in [0.4, 0.5) is 5.95 Å². The van der Waals surface area contributed by atoms with Crippen LogP contribution in [0.2, 0.25) is 0 Å². The summed E-state index contributed by atoms with van der Waals surface area (Å²) in [7, 11) is 1.80. The molecule has 3 heterocycles. The van der Waals surface area contributed by atoms with Crippen molar-refractivity contribution in [2.45, 2.75) is 38.2 Å². The van der Waals surface area contributed by atoms with Crippen LogP contribution in [0.15, 0.2) is 35.4 Å². The molecule has 2 aromatic rings. The van der Waals surface area contributed by atoms with E-state index >= 15 is 0 Å². The lowest BCUT2D eigenvalue weighted by Gasteiger charge is -2.39. The molecule has 1 atom stereocenters. The molecule has 0 amide bonds. The van der Waals surface area contributed by atoms with E-state index in [-0.39, 0.29) is 11.7 Å². The van der Waals surface area contributed by atoms with E-state index in [1.54, 1.807) is 30.1 Å². The van der Waals surface area contributed by atoms with Crippen molar-refractivity contribution in [1.29, 1.82) is 0 Å². The largest absolute Gasteiger partial charge is 0.374 e. The van der Waals surface area contributed by atoms with E-state index in [4.69, 9.17) is 9.72 Å². The molecule has 4 rings (SSSR count). The van der Waals surface area contributed by atoms with Gasteiger partial charge in [-0.1, -0.05) is 19.3 Å². The Hall–Kier alpha value is -2.21. The molecule has 0 radical (unpaired) electrons. The van der Waals surface area contributed by atoms with Crippen molar-refractivity contribution >= 4 is 5.95 Å². The summed E-state index contributed by atoms with van der Waals surface area (Å²) < 4.78 is 7.74. The molecule has 2 aliphatic rings. The third-order valence-corrected chi connectivity index (χ3v) is 5.64. The van der Waals surface area contributed by atoms with Crippen molar-refractivity contribution in [2.24, 2.45) is 13.0 Å². The first-order chi connectivity index (χ1) is 12.7. The maximum atomic E-state index is 12.5. The van der Waals surface area contributed by atoms with Gasteiger partial charge >= 0.3 is 0 Å². The highest BCUT2D eigenvalue weighted by atomic mass is 16.5. The molecule has 1 saturated heterocycles. The molecule has 0 aromatic carbocycles. The molecule has 0 N–H and O–H groups in total. The first kappa shape index (κ1) is 17.2. The van der Waals surface area contributed by atoms with Gasteiger partial charge in [-0.15, -0.1) is 0 Å². The Bertz CT molecular complexity index is 799. The molecule has 138 valence electrons. The summed E-state index contributed by atoms with van der Waals surface area (Å²) in [5.41, 5.74) is 1.57. The van der Waals surface area contributed by atoms with Crippen molar-refractivity contribution in [3.8, 4) is 11.3 Å². The van der Waals surface area contributed by atoms with Crippen LogP contribution >= 0.6 is 0 Å². The lowest BCUT2D eigenvalue weighted by Crippen LogP contribution is -2.48. The lowest BCUT2D eigenvalue weighted by atomic mass is 9.84. The van der Waals surface area contributed by atoms with E-state index < -0.39 is 0 Å². The first-order valence-corrected chi connectivity index (χ1v) is 9.57. The highest BCUT2D eigenvalue weighted by molar-refractivity contribution is 5.59. The number of anilines is 1. The van der Waals surface area contributed by atoms with Gasteiger partial charge in [0, 0.05) is 44.2 Å². The number of rotatable bonds is 3. The predicted octanol–water partition coefficient (Wildman–Crippen LogP) is 2.63. The third-order valence-electron chi connectivity index (χ3n) is 5.64. The summed E-state index contributed by atoms with van der Waals surface area (Å²) in [6.07, 6.45) is 10.1. The van der Waals surface area contributed by atoms with Crippen LogP contribution in [-0.4, -0.2) is 40.3 Å². The Morgan fingerprint density at radius 2 is 1.92 bits per heavy atom. The second-order valence-corrected chi connectivity index (χ2v) is 7.33. The van der Waals surface area contributed by atoms with Gasteiger partial charge in [-0.3, -0.25) is 14.3 Å². The molecule has 26 heavy (non-hydrogen) atoms. The van der Waals surface area contributed by atoms with Crippen LogP contribution in [0.5, 0.6) is 0 Å². The second-order valence-electron chi connectivity index (χ2n) is 7.33. The average molecular weight is 354 g/mol. The molecule has 1 saturated carbocycles. The second kappa shape index (κ2) is 7.58. The van der Waals surface area contributed by atoms with Gasteiger partial charge < -0.3 is 9.64 Å². The van der Waals surface area contributed by atoms with E-state index in [0.29, 0.717) is 18.2 Å². The summed E-state index contributed by atoms with van der Waals surface area (Å²) >= 11 is 0. The van der Waals surface area contributed by atoms with Crippen LogP contribution in [0, 0.1) is 5.92 Å². The molecule has 2 aromatic heterocycles. The Labute approximate surface area is 153 Å². The molecule has 1 aliphatic heterocycles. The minimum absolute atomic E-state index is 0.0393. The van der Waals surface area contributed by atoms with Crippen molar-refractivity contribution in [1.82, 2.24) is 14.5 Å². The molecular weight excluding hydrogens is 328 g/mol. The zero-order chi connectivity index (χ0) is 17.9. The smallest absolute Gasteiger partial charge is 0.255 e. The monoisotopic (exact) mass is 354 g/mol. The Morgan fingerprint density at radius 3 is 2.69 bits per heavy atom. The maximum absolute atomic E-state index is 12.5. The summed E-state index contributed by atoms with van der Waals surface area (Å²) in [5, 5.41) is 0. The first-order valence-electron chi connectivity index (χ1n) is 9.57. The number of aromatic nitrogens is 3. The molecule has 0 spiro atoms. The lowest BCUT2D eigenvalue weighted by molar-refractivity contribution is -0.00978. The minimum atomic E-state index is -0.0393. The predicted molar refractivity (Wildman–Crippen MR) is 101 cm³/mol. The number of morpholine rings is 1. The molecule has 0 bridgehead atoms. The van der Waals surface area contributed by atoms with E-state index in [9.17, 15) is 4.79 Å². The number of pyridine rings is 1. The number of nitrogens with zero attached hydrogens (tertiary/aromatic N) is 4. The van der Waals surface area contributed by atoms with Crippen LogP contribution in [-0.2, 0) is 11.8 Å². The fourth-order valence-electron chi connectivity index (χ4n) is 4.13. The fraction of sp³-hybridized carbons (Fsp3) is 0.550. The zero-order valence-corrected chi connectivity index (χ0v) is 15.3. The Kier molecular flexibility index (Phi) is 5.02. The van der Waals surface area contributed by atoms with Gasteiger partial charge in [0.2, 0.25) is 5.95 Å². The van der Waals surface area contributed by atoms with Crippen LogP contribution in [0.3, 0.4) is 0 Å². The van der Waals surface area contributed by atoms with Crippen LogP contribution < -0.4 is 10.5 Å². The average Bonchev–Trinajstić information content (AvgIpc) is 2.71. The van der Waals surface area contributed by atoms with Crippen molar-refractivity contribution in [3.63, 3.8) is 0 Å². The van der Waals surface area contributed by atoms with E-state index in [1.165, 1.54) is 32.1 Å². The molecule has 1 aliphatic carbocycles. The van der Waals surface area contributed by atoms with Crippen molar-refractivity contribution in [2.75, 3.05) is 24.6 Å². The summed E-state index contributed by atoms with van der Waals surface area (Å²) in [6, 6.07) is 5.36. The Morgan fingerprint density at radius 1 is 1.15 bits per heavy atom. The maximum Gasteiger partial charge on any atom is 0.255 e. The fourth-order valence-corrected chi connectivity index (χ4v) is 4.13. The molecule has 2 fully saturated rings. The van der Waals surface area contributed by atoms with Crippen LogP contribution in [0.1, 0.15) is 32.1 Å². The number of ether oxygens (including phenoxy) is 1. The van der Waals surface area contributed by atoms with Crippen LogP contribution in [0.25, 0.3) is 11.3 Å². The number of hydrogen-bond donors (Lipinski definition) is 0. The van der Waals surface area contributed by atoms with Gasteiger partial charge in [0.05, 0.1) is 18.4 Å². The topological polar surface area (TPSA) is 60.2 Å². The SMILES string of the molecule is Cn1c(N2CCOC(C3CCCCC3)C2)nc(-c2ccncc2)cc1=O. The van der Waals surface area contributed by atoms with Gasteiger partial charge in [0.25, 0.3) is 5.56 Å². The van der Waals surface area contributed by atoms with Crippen molar-refractivity contribution < 1.29 is 4.74 Å². The standard InChI is InChI=1S/C20H26N4O2/c1-23-19(25)13-17(15-7-9-21-10-8-15)22-20(23)24-11-12-26-18(14-24)16-5-3-2-4-6-16/h7-10,13,16,18H,2-6,11-12,14H2,1H3. The summed E-state index contributed by atoms with van der Waals surface area (Å²) in [5.74, 6) is 1.36. The summed E-state index contributed by atoms with van der Waals surface area (Å²) in [6.45, 7) is 2.27. The molecule has 6 nitrogen and oxygen atoms in total. The van der Waals surface area contributed by atoms with Gasteiger partial charge in [0.1, 0.15) is 0 Å². The quantitative estimate of drug-likeness (QED) is 0.848. The molecule has 1 unspecified atom stereocenters. The van der Waals surface area contributed by atoms with E-state index in [2.05, 4.69) is 9.88 Å². The van der Waals surface area contributed by atoms with E-state index in [1.807, 2.05) is 12.1 Å². The Balaban J connectivity index is 1.62. The van der Waals surface area contributed by atoms with Gasteiger partial charge in [-0.2, -0.15) is 0 Å². The normalized spacial score (nSPS) is 21.7. The molecular formula is C20H26N4O2. The van der Waals surface area contributed by atoms with Crippen molar-refractivity contribution in [3.05, 3.63) is 40.9 Å². The highest BCUT2D eigenvalue weighted by Gasteiger charge is 2.30. The summed E-state index contributed by atoms with van der Waals surface area (Å²) in [4.78, 5) is 23.6. The molecule has 6 heteroatoms. The number of hydrogen-bond acceptors (Lipinski definition) is 5. The highest BCUT2D eigenvalue weighted by Crippen LogP contribution is 2.30. The van der Waals surface area contributed by atoms with Gasteiger partial charge in [-0.25, -0.2) is 4.98 Å². The van der Waals surface area contributed by atoms with Gasteiger partial charge in [0.15, 0.2) is 0 Å². The van der Waals surface area contributed by atoms with Gasteiger partial charge in [-0.05, 0) is 30.9 Å². The zero-order valence-electron chi connectivity index (χ0n) is 15.3.